The minimum absolute atomic E-state index is 0.0292. The van der Waals surface area contributed by atoms with Crippen LogP contribution in [-0.2, 0) is 0 Å². The molecule has 20 heavy (non-hydrogen) atoms. The van der Waals surface area contributed by atoms with E-state index in [0.717, 1.165) is 0 Å². The van der Waals surface area contributed by atoms with Gasteiger partial charge in [-0.15, -0.1) is 11.3 Å². The molecule has 0 atom stereocenters. The molecule has 2 heterocycles. The summed E-state index contributed by atoms with van der Waals surface area (Å²) in [5.74, 6) is 4.64. The van der Waals surface area contributed by atoms with Crippen molar-refractivity contribution in [2.24, 2.45) is 11.6 Å². The molecule has 0 aliphatic carbocycles. The second-order valence-corrected chi connectivity index (χ2v) is 4.66. The highest BCUT2D eigenvalue weighted by Gasteiger charge is 2.10. The number of carbonyl (C=O) groups is 1. The lowest BCUT2D eigenvalue weighted by atomic mass is 10.2. The minimum Gasteiger partial charge on any atom is -0.386 e. The molecule has 0 spiro atoms. The van der Waals surface area contributed by atoms with Crippen LogP contribution in [0.25, 0.3) is 11.4 Å². The molecular weight excluding hydrogens is 278 g/mol. The Morgan fingerprint density at radius 3 is 2.85 bits per heavy atom. The Morgan fingerprint density at radius 1 is 1.35 bits per heavy atom. The number of pyridine rings is 1. The third kappa shape index (κ3) is 3.28. The third-order valence-corrected chi connectivity index (χ3v) is 3.11. The number of amidine groups is 1. The highest BCUT2D eigenvalue weighted by Crippen LogP contribution is 2.23. The van der Waals surface area contributed by atoms with E-state index in [9.17, 15) is 4.79 Å². The highest BCUT2D eigenvalue weighted by atomic mass is 32.1. The van der Waals surface area contributed by atoms with E-state index < -0.39 is 5.91 Å². The van der Waals surface area contributed by atoms with Crippen LogP contribution < -0.4 is 22.3 Å². The zero-order valence-electron chi connectivity index (χ0n) is 10.4. The number of hydrazine groups is 1. The summed E-state index contributed by atoms with van der Waals surface area (Å²) in [5.41, 5.74) is 8.70. The van der Waals surface area contributed by atoms with Crippen LogP contribution in [0, 0.1) is 5.41 Å². The molecule has 0 bridgehead atoms. The largest absolute Gasteiger partial charge is 0.386 e. The van der Waals surface area contributed by atoms with Gasteiger partial charge in [-0.05, 0) is 12.1 Å². The molecule has 0 fully saturated rings. The van der Waals surface area contributed by atoms with Crippen LogP contribution in [0.5, 0.6) is 0 Å². The molecule has 8 nitrogen and oxygen atoms in total. The van der Waals surface area contributed by atoms with Gasteiger partial charge in [0.2, 0.25) is 0 Å². The topological polar surface area (TPSA) is 143 Å². The van der Waals surface area contributed by atoms with E-state index in [1.807, 2.05) is 5.43 Å². The smallest absolute Gasteiger partial charge is 0.283 e. The van der Waals surface area contributed by atoms with Gasteiger partial charge in [-0.3, -0.25) is 15.6 Å². The van der Waals surface area contributed by atoms with Gasteiger partial charge in [0, 0.05) is 5.38 Å². The summed E-state index contributed by atoms with van der Waals surface area (Å²) < 4.78 is 0. The van der Waals surface area contributed by atoms with Gasteiger partial charge in [-0.1, -0.05) is 6.07 Å². The fraction of sp³-hybridized carbons (Fsp3) is 0.0909. The standard InChI is InChI=1S/C11H13N7OS/c12-9(13)4-15-11-17-8(5-20-11)6-2-1-3-7(16-6)10(19)18-14/h1-3,5H,4,14H2,(H3,12,13)(H,15,17)(H,18,19). The average Bonchev–Trinajstić information content (AvgIpc) is 2.93. The minimum atomic E-state index is -0.461. The SMILES string of the molecule is N=C(N)CNc1nc(-c2cccc(C(=O)NN)n2)cs1. The number of carbonyl (C=O) groups excluding carboxylic acids is 1. The van der Waals surface area contributed by atoms with E-state index in [-0.39, 0.29) is 18.1 Å². The second-order valence-electron chi connectivity index (χ2n) is 3.80. The summed E-state index contributed by atoms with van der Waals surface area (Å²) in [6, 6.07) is 5.01. The molecule has 2 aromatic heterocycles. The Morgan fingerprint density at radius 2 is 2.15 bits per heavy atom. The molecule has 1 amide bonds. The van der Waals surface area contributed by atoms with E-state index in [1.54, 1.807) is 23.6 Å². The number of rotatable bonds is 5. The van der Waals surface area contributed by atoms with Gasteiger partial charge in [-0.2, -0.15) is 0 Å². The van der Waals surface area contributed by atoms with Gasteiger partial charge >= 0.3 is 0 Å². The predicted molar refractivity (Wildman–Crippen MR) is 77.4 cm³/mol. The van der Waals surface area contributed by atoms with E-state index >= 15 is 0 Å². The van der Waals surface area contributed by atoms with Crippen molar-refractivity contribution < 1.29 is 4.79 Å². The van der Waals surface area contributed by atoms with Crippen LogP contribution in [-0.4, -0.2) is 28.3 Å². The number of amides is 1. The zero-order chi connectivity index (χ0) is 14.5. The number of nitrogen functional groups attached to an aromatic ring is 1. The number of nitrogens with zero attached hydrogens (tertiary/aromatic N) is 2. The number of nitrogens with one attached hydrogen (secondary N) is 3. The number of anilines is 1. The Balaban J connectivity index is 2.19. The molecule has 0 aromatic carbocycles. The van der Waals surface area contributed by atoms with Crippen LogP contribution >= 0.6 is 11.3 Å². The lowest BCUT2D eigenvalue weighted by Crippen LogP contribution is -2.30. The summed E-state index contributed by atoms with van der Waals surface area (Å²) in [6.45, 7) is 0.232. The van der Waals surface area contributed by atoms with E-state index in [2.05, 4.69) is 15.3 Å². The lowest BCUT2D eigenvalue weighted by Gasteiger charge is -2.01. The maximum Gasteiger partial charge on any atom is 0.283 e. The second kappa shape index (κ2) is 6.08. The van der Waals surface area contributed by atoms with Gasteiger partial charge < -0.3 is 11.1 Å². The molecule has 0 unspecified atom stereocenters. The summed E-state index contributed by atoms with van der Waals surface area (Å²) in [7, 11) is 0. The maximum atomic E-state index is 11.4. The van der Waals surface area contributed by atoms with E-state index in [1.165, 1.54) is 11.3 Å². The summed E-state index contributed by atoms with van der Waals surface area (Å²) in [6.07, 6.45) is 0. The number of aromatic nitrogens is 2. The quantitative estimate of drug-likeness (QED) is 0.174. The van der Waals surface area contributed by atoms with Crippen molar-refractivity contribution >= 4 is 28.2 Å². The van der Waals surface area contributed by atoms with Gasteiger partial charge in [0.1, 0.15) is 17.2 Å². The maximum absolute atomic E-state index is 11.4. The van der Waals surface area contributed by atoms with Crippen molar-refractivity contribution in [3.8, 4) is 11.4 Å². The van der Waals surface area contributed by atoms with Crippen molar-refractivity contribution in [3.63, 3.8) is 0 Å². The summed E-state index contributed by atoms with van der Waals surface area (Å²) >= 11 is 1.37. The van der Waals surface area contributed by atoms with Gasteiger partial charge in [-0.25, -0.2) is 15.8 Å². The molecule has 9 heteroatoms. The first-order chi connectivity index (χ1) is 9.60. The number of hydrogen-bond donors (Lipinski definition) is 5. The van der Waals surface area contributed by atoms with E-state index in [0.29, 0.717) is 16.5 Å². The molecule has 0 aliphatic rings. The molecule has 7 N–H and O–H groups in total. The molecule has 104 valence electrons. The number of thiazole rings is 1. The van der Waals surface area contributed by atoms with E-state index in [4.69, 9.17) is 17.0 Å². The van der Waals surface area contributed by atoms with Crippen molar-refractivity contribution in [2.45, 2.75) is 0 Å². The van der Waals surface area contributed by atoms with Crippen LogP contribution in [0.4, 0.5) is 5.13 Å². The fourth-order valence-electron chi connectivity index (χ4n) is 1.42. The highest BCUT2D eigenvalue weighted by molar-refractivity contribution is 7.14. The van der Waals surface area contributed by atoms with Crippen LogP contribution in [0.15, 0.2) is 23.6 Å². The van der Waals surface area contributed by atoms with Crippen molar-refractivity contribution in [1.82, 2.24) is 15.4 Å². The Bertz CT molecular complexity index is 639. The summed E-state index contributed by atoms with van der Waals surface area (Å²) in [4.78, 5) is 19.9. The van der Waals surface area contributed by atoms with Crippen LogP contribution in [0.1, 0.15) is 10.5 Å². The van der Waals surface area contributed by atoms with Gasteiger partial charge in [0.05, 0.1) is 12.2 Å². The van der Waals surface area contributed by atoms with Crippen LogP contribution in [0.2, 0.25) is 0 Å². The molecule has 0 aliphatic heterocycles. The first kappa shape index (κ1) is 13.9. The first-order valence-electron chi connectivity index (χ1n) is 5.61. The van der Waals surface area contributed by atoms with Crippen molar-refractivity contribution in [3.05, 3.63) is 29.3 Å². The number of nitrogens with two attached hydrogens (primary N) is 2. The normalized spacial score (nSPS) is 10.1. The van der Waals surface area contributed by atoms with Crippen LogP contribution in [0.3, 0.4) is 0 Å². The van der Waals surface area contributed by atoms with Crippen molar-refractivity contribution in [1.29, 1.82) is 5.41 Å². The average molecular weight is 291 g/mol. The zero-order valence-corrected chi connectivity index (χ0v) is 11.2. The molecule has 0 saturated carbocycles. The Kier molecular flexibility index (Phi) is 4.23. The molecular formula is C11H13N7OS. The van der Waals surface area contributed by atoms with Gasteiger partial charge in [0.25, 0.3) is 5.91 Å². The number of hydrogen-bond acceptors (Lipinski definition) is 7. The summed E-state index contributed by atoms with van der Waals surface area (Å²) in [5, 5.41) is 12.5. The Hall–Kier alpha value is -2.52. The first-order valence-corrected chi connectivity index (χ1v) is 6.49. The lowest BCUT2D eigenvalue weighted by molar-refractivity contribution is 0.0949. The third-order valence-electron chi connectivity index (χ3n) is 2.31. The van der Waals surface area contributed by atoms with Crippen molar-refractivity contribution in [2.75, 3.05) is 11.9 Å². The fourth-order valence-corrected chi connectivity index (χ4v) is 2.12. The Labute approximate surface area is 118 Å². The van der Waals surface area contributed by atoms with Gasteiger partial charge in [0.15, 0.2) is 5.13 Å². The molecule has 0 radical (unpaired) electrons. The monoisotopic (exact) mass is 291 g/mol. The predicted octanol–water partition coefficient (Wildman–Crippen LogP) is 0.156. The molecule has 2 rings (SSSR count). The molecule has 0 saturated heterocycles. The molecule has 2 aromatic rings.